The minimum absolute atomic E-state index is 0.138. The van der Waals surface area contributed by atoms with Gasteiger partial charge in [-0.15, -0.1) is 0 Å². The highest BCUT2D eigenvalue weighted by Gasteiger charge is 2.19. The smallest absolute Gasteiger partial charge is 0.251 e. The molecule has 3 aromatic rings. The van der Waals surface area contributed by atoms with Crippen molar-refractivity contribution in [3.63, 3.8) is 0 Å². The third kappa shape index (κ3) is 4.43. The number of benzene rings is 2. The molecule has 1 amide bonds. The van der Waals surface area contributed by atoms with Crippen LogP contribution in [0.4, 0.5) is 23.3 Å². The van der Waals surface area contributed by atoms with E-state index in [0.29, 0.717) is 17.5 Å². The Hall–Kier alpha value is -3.68. The SMILES string of the molecule is CNC(=O)c1cccc(Nc2ncnc(N3CCN(c4ccccc4)CC3)n2)c1. The fraction of sp³-hybridized carbons (Fsp3) is 0.238. The molecule has 29 heavy (non-hydrogen) atoms. The summed E-state index contributed by atoms with van der Waals surface area (Å²) in [4.78, 5) is 29.5. The molecule has 2 heterocycles. The summed E-state index contributed by atoms with van der Waals surface area (Å²) in [5.74, 6) is 0.966. The summed E-state index contributed by atoms with van der Waals surface area (Å²) < 4.78 is 0. The van der Waals surface area contributed by atoms with Crippen molar-refractivity contribution in [1.29, 1.82) is 0 Å². The van der Waals surface area contributed by atoms with Crippen LogP contribution in [0.15, 0.2) is 60.9 Å². The van der Waals surface area contributed by atoms with Crippen LogP contribution in [-0.2, 0) is 0 Å². The Morgan fingerprint density at radius 2 is 1.69 bits per heavy atom. The van der Waals surface area contributed by atoms with Gasteiger partial charge in [-0.3, -0.25) is 4.79 Å². The molecule has 0 spiro atoms. The van der Waals surface area contributed by atoms with Gasteiger partial charge in [0.1, 0.15) is 6.33 Å². The van der Waals surface area contributed by atoms with E-state index in [1.807, 2.05) is 18.2 Å². The summed E-state index contributed by atoms with van der Waals surface area (Å²) in [5.41, 5.74) is 2.56. The number of para-hydroxylation sites is 1. The van der Waals surface area contributed by atoms with Crippen LogP contribution in [0, 0.1) is 0 Å². The van der Waals surface area contributed by atoms with Crippen molar-refractivity contribution >= 4 is 29.2 Å². The van der Waals surface area contributed by atoms with E-state index >= 15 is 0 Å². The number of carbonyl (C=O) groups excluding carboxylic acids is 1. The predicted molar refractivity (Wildman–Crippen MR) is 114 cm³/mol. The minimum atomic E-state index is -0.138. The largest absolute Gasteiger partial charge is 0.368 e. The summed E-state index contributed by atoms with van der Waals surface area (Å²) in [6, 6.07) is 17.6. The van der Waals surface area contributed by atoms with Crippen molar-refractivity contribution < 1.29 is 4.79 Å². The van der Waals surface area contributed by atoms with Crippen LogP contribution in [-0.4, -0.2) is 54.1 Å². The molecule has 8 heteroatoms. The van der Waals surface area contributed by atoms with Gasteiger partial charge in [0.2, 0.25) is 11.9 Å². The molecule has 0 atom stereocenters. The summed E-state index contributed by atoms with van der Waals surface area (Å²) in [6.07, 6.45) is 1.51. The molecule has 148 valence electrons. The van der Waals surface area contributed by atoms with Crippen LogP contribution in [0.25, 0.3) is 0 Å². The van der Waals surface area contributed by atoms with Gasteiger partial charge in [-0.05, 0) is 30.3 Å². The first-order valence-electron chi connectivity index (χ1n) is 9.56. The summed E-state index contributed by atoms with van der Waals surface area (Å²) in [7, 11) is 1.61. The van der Waals surface area contributed by atoms with Crippen LogP contribution < -0.4 is 20.4 Å². The maximum Gasteiger partial charge on any atom is 0.251 e. The normalized spacial score (nSPS) is 13.8. The average Bonchev–Trinajstić information content (AvgIpc) is 2.79. The molecular weight excluding hydrogens is 366 g/mol. The second-order valence-corrected chi connectivity index (χ2v) is 6.70. The van der Waals surface area contributed by atoms with Crippen LogP contribution >= 0.6 is 0 Å². The lowest BCUT2D eigenvalue weighted by Crippen LogP contribution is -2.47. The molecule has 1 fully saturated rings. The van der Waals surface area contributed by atoms with Gasteiger partial charge in [0.25, 0.3) is 5.91 Å². The predicted octanol–water partition coefficient (Wildman–Crippen LogP) is 2.30. The molecule has 1 aliphatic rings. The third-order valence-electron chi connectivity index (χ3n) is 4.85. The number of nitrogens with zero attached hydrogens (tertiary/aromatic N) is 5. The van der Waals surface area contributed by atoms with E-state index in [2.05, 4.69) is 59.7 Å². The molecule has 1 aromatic heterocycles. The lowest BCUT2D eigenvalue weighted by molar-refractivity contribution is 0.0963. The highest BCUT2D eigenvalue weighted by molar-refractivity contribution is 5.95. The molecule has 1 saturated heterocycles. The monoisotopic (exact) mass is 389 g/mol. The Bertz CT molecular complexity index is 972. The third-order valence-corrected chi connectivity index (χ3v) is 4.85. The second-order valence-electron chi connectivity index (χ2n) is 6.70. The first kappa shape index (κ1) is 18.7. The Balaban J connectivity index is 1.42. The minimum Gasteiger partial charge on any atom is -0.368 e. The molecule has 0 radical (unpaired) electrons. The number of anilines is 4. The number of carbonyl (C=O) groups is 1. The number of amides is 1. The van der Waals surface area contributed by atoms with Crippen molar-refractivity contribution in [1.82, 2.24) is 20.3 Å². The highest BCUT2D eigenvalue weighted by atomic mass is 16.1. The van der Waals surface area contributed by atoms with E-state index in [4.69, 9.17) is 0 Å². The summed E-state index contributed by atoms with van der Waals surface area (Å²) in [5, 5.41) is 5.78. The van der Waals surface area contributed by atoms with E-state index < -0.39 is 0 Å². The van der Waals surface area contributed by atoms with Crippen molar-refractivity contribution in [3.05, 3.63) is 66.5 Å². The zero-order valence-electron chi connectivity index (χ0n) is 16.2. The van der Waals surface area contributed by atoms with Gasteiger partial charge in [-0.1, -0.05) is 24.3 Å². The number of nitrogens with one attached hydrogen (secondary N) is 2. The maximum atomic E-state index is 11.8. The van der Waals surface area contributed by atoms with Crippen molar-refractivity contribution in [2.45, 2.75) is 0 Å². The lowest BCUT2D eigenvalue weighted by atomic mass is 10.2. The van der Waals surface area contributed by atoms with E-state index in [0.717, 1.165) is 31.9 Å². The Morgan fingerprint density at radius 3 is 2.45 bits per heavy atom. The highest BCUT2D eigenvalue weighted by Crippen LogP contribution is 2.19. The summed E-state index contributed by atoms with van der Waals surface area (Å²) in [6.45, 7) is 3.49. The molecule has 4 rings (SSSR count). The van der Waals surface area contributed by atoms with E-state index in [1.165, 1.54) is 12.0 Å². The maximum absolute atomic E-state index is 11.8. The molecule has 0 aliphatic carbocycles. The standard InChI is InChI=1S/C21H23N7O/c1-22-19(29)16-6-5-7-17(14-16)25-20-23-15-24-21(26-20)28-12-10-27(11-13-28)18-8-3-2-4-9-18/h2-9,14-15H,10-13H2,1H3,(H,22,29)(H,23,24,25,26). The van der Waals surface area contributed by atoms with Gasteiger partial charge >= 0.3 is 0 Å². The van der Waals surface area contributed by atoms with E-state index in [9.17, 15) is 4.79 Å². The Labute approximate surface area is 169 Å². The molecule has 0 unspecified atom stereocenters. The van der Waals surface area contributed by atoms with Gasteiger partial charge in [-0.25, -0.2) is 9.97 Å². The topological polar surface area (TPSA) is 86.3 Å². The van der Waals surface area contributed by atoms with Gasteiger partial charge in [0, 0.05) is 50.2 Å². The number of hydrogen-bond donors (Lipinski definition) is 2. The van der Waals surface area contributed by atoms with Gasteiger partial charge in [-0.2, -0.15) is 4.98 Å². The zero-order valence-corrected chi connectivity index (χ0v) is 16.2. The summed E-state index contributed by atoms with van der Waals surface area (Å²) >= 11 is 0. The molecule has 2 N–H and O–H groups in total. The van der Waals surface area contributed by atoms with Gasteiger partial charge < -0.3 is 20.4 Å². The molecule has 1 aliphatic heterocycles. The lowest BCUT2D eigenvalue weighted by Gasteiger charge is -2.36. The molecule has 2 aromatic carbocycles. The van der Waals surface area contributed by atoms with Crippen LogP contribution in [0.5, 0.6) is 0 Å². The van der Waals surface area contributed by atoms with Crippen LogP contribution in [0.2, 0.25) is 0 Å². The average molecular weight is 389 g/mol. The Morgan fingerprint density at radius 1 is 0.931 bits per heavy atom. The molecular formula is C21H23N7O. The first-order chi connectivity index (χ1) is 14.2. The number of piperazine rings is 1. The molecule has 0 bridgehead atoms. The van der Waals surface area contributed by atoms with Crippen molar-refractivity contribution in [2.75, 3.05) is 48.3 Å². The zero-order chi connectivity index (χ0) is 20.1. The number of rotatable bonds is 5. The van der Waals surface area contributed by atoms with Gasteiger partial charge in [0.05, 0.1) is 0 Å². The van der Waals surface area contributed by atoms with Crippen molar-refractivity contribution in [3.8, 4) is 0 Å². The molecule has 8 nitrogen and oxygen atoms in total. The first-order valence-corrected chi connectivity index (χ1v) is 9.56. The quantitative estimate of drug-likeness (QED) is 0.692. The number of hydrogen-bond acceptors (Lipinski definition) is 7. The van der Waals surface area contributed by atoms with Gasteiger partial charge in [0.15, 0.2) is 0 Å². The van der Waals surface area contributed by atoms with Crippen LogP contribution in [0.3, 0.4) is 0 Å². The fourth-order valence-corrected chi connectivity index (χ4v) is 3.32. The van der Waals surface area contributed by atoms with Crippen molar-refractivity contribution in [2.24, 2.45) is 0 Å². The Kier molecular flexibility index (Phi) is 5.51. The van der Waals surface area contributed by atoms with Crippen LogP contribution in [0.1, 0.15) is 10.4 Å². The fourth-order valence-electron chi connectivity index (χ4n) is 3.32. The van der Waals surface area contributed by atoms with E-state index in [1.54, 1.807) is 19.2 Å². The molecule has 0 saturated carbocycles. The second kappa shape index (κ2) is 8.55. The van der Waals surface area contributed by atoms with E-state index in [-0.39, 0.29) is 5.91 Å². The number of aromatic nitrogens is 3.